The number of nitrogens with zero attached hydrogens (tertiary/aromatic N) is 1. The van der Waals surface area contributed by atoms with Crippen LogP contribution in [0.1, 0.15) is 41.7 Å². The van der Waals surface area contributed by atoms with Gasteiger partial charge in [-0.2, -0.15) is 0 Å². The number of aromatic carboxylic acids is 1. The highest BCUT2D eigenvalue weighted by molar-refractivity contribution is 5.89. The lowest BCUT2D eigenvalue weighted by molar-refractivity contribution is 0.0695. The highest BCUT2D eigenvalue weighted by Gasteiger charge is 2.39. The van der Waals surface area contributed by atoms with E-state index < -0.39 is 5.97 Å². The SMILES string of the molecule is Cc1nc(NCC2CC3CCC2C3)ccc1C(=O)O. The van der Waals surface area contributed by atoms with Crippen LogP contribution in [0.4, 0.5) is 5.82 Å². The Labute approximate surface area is 113 Å². The zero-order chi connectivity index (χ0) is 13.4. The molecule has 0 aromatic carbocycles. The predicted molar refractivity (Wildman–Crippen MR) is 73.4 cm³/mol. The first-order valence-corrected chi connectivity index (χ1v) is 7.08. The van der Waals surface area contributed by atoms with Gasteiger partial charge in [0.1, 0.15) is 5.82 Å². The molecule has 2 fully saturated rings. The molecule has 0 spiro atoms. The van der Waals surface area contributed by atoms with Gasteiger partial charge in [-0.25, -0.2) is 9.78 Å². The summed E-state index contributed by atoms with van der Waals surface area (Å²) in [5, 5.41) is 12.3. The summed E-state index contributed by atoms with van der Waals surface area (Å²) in [6.45, 7) is 2.71. The van der Waals surface area contributed by atoms with E-state index in [9.17, 15) is 4.79 Å². The number of carboxylic acids is 1. The molecule has 2 aliphatic rings. The van der Waals surface area contributed by atoms with E-state index in [1.54, 1.807) is 19.1 Å². The van der Waals surface area contributed by atoms with Gasteiger partial charge in [0, 0.05) is 6.54 Å². The number of hydrogen-bond acceptors (Lipinski definition) is 3. The average Bonchev–Trinajstić information content (AvgIpc) is 2.98. The predicted octanol–water partition coefficient (Wildman–Crippen LogP) is 2.94. The highest BCUT2D eigenvalue weighted by Crippen LogP contribution is 2.48. The number of carbonyl (C=O) groups is 1. The maximum atomic E-state index is 10.9. The molecule has 1 aromatic heterocycles. The molecule has 3 atom stereocenters. The number of nitrogens with one attached hydrogen (secondary N) is 1. The zero-order valence-corrected chi connectivity index (χ0v) is 11.2. The fourth-order valence-electron chi connectivity index (χ4n) is 3.75. The molecule has 3 unspecified atom stereocenters. The molecule has 0 amide bonds. The van der Waals surface area contributed by atoms with Crippen LogP contribution in [-0.2, 0) is 0 Å². The zero-order valence-electron chi connectivity index (χ0n) is 11.2. The van der Waals surface area contributed by atoms with E-state index in [4.69, 9.17) is 5.11 Å². The number of fused-ring (bicyclic) bond motifs is 2. The maximum Gasteiger partial charge on any atom is 0.337 e. The smallest absolute Gasteiger partial charge is 0.337 e. The van der Waals surface area contributed by atoms with E-state index in [0.717, 1.165) is 30.1 Å². The van der Waals surface area contributed by atoms with E-state index >= 15 is 0 Å². The van der Waals surface area contributed by atoms with E-state index in [2.05, 4.69) is 10.3 Å². The summed E-state index contributed by atoms with van der Waals surface area (Å²) in [5.41, 5.74) is 0.857. The molecule has 0 aliphatic heterocycles. The van der Waals surface area contributed by atoms with Gasteiger partial charge in [0.15, 0.2) is 0 Å². The van der Waals surface area contributed by atoms with Gasteiger partial charge in [-0.1, -0.05) is 6.42 Å². The van der Waals surface area contributed by atoms with Gasteiger partial charge in [-0.15, -0.1) is 0 Å². The first kappa shape index (κ1) is 12.5. The van der Waals surface area contributed by atoms with Gasteiger partial charge in [-0.05, 0) is 56.1 Å². The number of aromatic nitrogens is 1. The van der Waals surface area contributed by atoms with Crippen LogP contribution in [0.25, 0.3) is 0 Å². The largest absolute Gasteiger partial charge is 0.478 e. The lowest BCUT2D eigenvalue weighted by Gasteiger charge is -2.22. The number of anilines is 1. The van der Waals surface area contributed by atoms with Crippen LogP contribution in [0.2, 0.25) is 0 Å². The summed E-state index contributed by atoms with van der Waals surface area (Å²) in [5.74, 6) is 2.52. The Balaban J connectivity index is 1.61. The summed E-state index contributed by atoms with van der Waals surface area (Å²) in [6, 6.07) is 3.40. The summed E-state index contributed by atoms with van der Waals surface area (Å²) < 4.78 is 0. The lowest BCUT2D eigenvalue weighted by atomic mass is 9.89. The van der Waals surface area contributed by atoms with Crippen LogP contribution in [0.5, 0.6) is 0 Å². The van der Waals surface area contributed by atoms with Gasteiger partial charge in [0.25, 0.3) is 0 Å². The molecule has 0 radical (unpaired) electrons. The highest BCUT2D eigenvalue weighted by atomic mass is 16.4. The molecule has 4 heteroatoms. The first-order chi connectivity index (χ1) is 9.13. The average molecular weight is 260 g/mol. The molecular weight excluding hydrogens is 240 g/mol. The second-order valence-electron chi connectivity index (χ2n) is 5.95. The Morgan fingerprint density at radius 3 is 2.84 bits per heavy atom. The summed E-state index contributed by atoms with van der Waals surface area (Å²) in [6.07, 6.45) is 5.58. The monoisotopic (exact) mass is 260 g/mol. The van der Waals surface area contributed by atoms with Crippen molar-refractivity contribution in [2.75, 3.05) is 11.9 Å². The molecular formula is C15H20N2O2. The van der Waals surface area contributed by atoms with Crippen LogP contribution >= 0.6 is 0 Å². The first-order valence-electron chi connectivity index (χ1n) is 7.08. The van der Waals surface area contributed by atoms with Gasteiger partial charge in [0.2, 0.25) is 0 Å². The second-order valence-corrected chi connectivity index (χ2v) is 5.95. The fourth-order valence-corrected chi connectivity index (χ4v) is 3.75. The third-order valence-electron chi connectivity index (χ3n) is 4.75. The van der Waals surface area contributed by atoms with Crippen molar-refractivity contribution in [3.63, 3.8) is 0 Å². The van der Waals surface area contributed by atoms with Crippen LogP contribution < -0.4 is 5.32 Å². The summed E-state index contributed by atoms with van der Waals surface area (Å²) in [4.78, 5) is 15.3. The molecule has 2 bridgehead atoms. The Morgan fingerprint density at radius 2 is 2.26 bits per heavy atom. The van der Waals surface area contributed by atoms with Crippen molar-refractivity contribution in [1.29, 1.82) is 0 Å². The molecule has 2 saturated carbocycles. The Bertz CT molecular complexity index is 501. The van der Waals surface area contributed by atoms with E-state index in [0.29, 0.717) is 5.69 Å². The molecule has 1 aromatic rings. The second kappa shape index (κ2) is 4.83. The third kappa shape index (κ3) is 2.44. The molecule has 19 heavy (non-hydrogen) atoms. The van der Waals surface area contributed by atoms with Crippen molar-refractivity contribution in [3.05, 3.63) is 23.4 Å². The Kier molecular flexibility index (Phi) is 3.17. The minimum absolute atomic E-state index is 0.283. The Hall–Kier alpha value is -1.58. The van der Waals surface area contributed by atoms with Crippen molar-refractivity contribution in [3.8, 4) is 0 Å². The molecule has 2 aliphatic carbocycles. The number of pyridine rings is 1. The number of aryl methyl sites for hydroxylation is 1. The molecule has 102 valence electrons. The minimum Gasteiger partial charge on any atom is -0.478 e. The molecule has 1 heterocycles. The van der Waals surface area contributed by atoms with Gasteiger partial charge >= 0.3 is 5.97 Å². The van der Waals surface area contributed by atoms with Crippen LogP contribution in [0.15, 0.2) is 12.1 Å². The topological polar surface area (TPSA) is 62.2 Å². The van der Waals surface area contributed by atoms with E-state index in [1.807, 2.05) is 0 Å². The third-order valence-corrected chi connectivity index (χ3v) is 4.75. The molecule has 2 N–H and O–H groups in total. The van der Waals surface area contributed by atoms with E-state index in [-0.39, 0.29) is 5.56 Å². The van der Waals surface area contributed by atoms with Gasteiger partial charge < -0.3 is 10.4 Å². The number of rotatable bonds is 4. The van der Waals surface area contributed by atoms with Crippen molar-refractivity contribution in [1.82, 2.24) is 4.98 Å². The molecule has 4 nitrogen and oxygen atoms in total. The molecule has 0 saturated heterocycles. The van der Waals surface area contributed by atoms with E-state index in [1.165, 1.54) is 25.7 Å². The van der Waals surface area contributed by atoms with Crippen LogP contribution in [0.3, 0.4) is 0 Å². The number of carboxylic acid groups (broad SMARTS) is 1. The quantitative estimate of drug-likeness (QED) is 0.873. The van der Waals surface area contributed by atoms with Crippen molar-refractivity contribution in [2.45, 2.75) is 32.6 Å². The van der Waals surface area contributed by atoms with Crippen molar-refractivity contribution < 1.29 is 9.90 Å². The summed E-state index contributed by atoms with van der Waals surface area (Å²) >= 11 is 0. The van der Waals surface area contributed by atoms with Gasteiger partial charge in [-0.3, -0.25) is 0 Å². The minimum atomic E-state index is -0.912. The lowest BCUT2D eigenvalue weighted by Crippen LogP contribution is -2.20. The van der Waals surface area contributed by atoms with Gasteiger partial charge in [0.05, 0.1) is 11.3 Å². The van der Waals surface area contributed by atoms with Crippen molar-refractivity contribution in [2.24, 2.45) is 17.8 Å². The maximum absolute atomic E-state index is 10.9. The van der Waals surface area contributed by atoms with Crippen LogP contribution in [0, 0.1) is 24.7 Å². The standard InChI is InChI=1S/C15H20N2O2/c1-9-13(15(18)19)4-5-14(17-9)16-8-12-7-10-2-3-11(12)6-10/h4-5,10-12H,2-3,6-8H2,1H3,(H,16,17)(H,18,19). The van der Waals surface area contributed by atoms with Crippen molar-refractivity contribution >= 4 is 11.8 Å². The number of hydrogen-bond donors (Lipinski definition) is 2. The normalized spacial score (nSPS) is 28.6. The fraction of sp³-hybridized carbons (Fsp3) is 0.600. The van der Waals surface area contributed by atoms with Crippen LogP contribution in [-0.4, -0.2) is 22.6 Å². The summed E-state index contributed by atoms with van der Waals surface area (Å²) in [7, 11) is 0. The Morgan fingerprint density at radius 1 is 1.42 bits per heavy atom. The molecule has 3 rings (SSSR count).